The van der Waals surface area contributed by atoms with Gasteiger partial charge in [-0.3, -0.25) is 9.59 Å². The van der Waals surface area contributed by atoms with Crippen LogP contribution in [0.25, 0.3) is 0 Å². The van der Waals surface area contributed by atoms with Crippen molar-refractivity contribution in [1.82, 2.24) is 0 Å². The number of hydrogen-bond acceptors (Lipinski definition) is 3. The lowest BCUT2D eigenvalue weighted by Gasteiger charge is -2.04. The van der Waals surface area contributed by atoms with Crippen LogP contribution >= 0.6 is 11.6 Å². The first kappa shape index (κ1) is 13.4. The molecular formula is C14H12ClNO3. The summed E-state index contributed by atoms with van der Waals surface area (Å²) in [5.41, 5.74) is 0.614. The van der Waals surface area contributed by atoms with E-state index < -0.39 is 0 Å². The smallest absolute Gasteiger partial charge is 0.224 e. The van der Waals surface area contributed by atoms with Crippen molar-refractivity contribution in [3.8, 4) is 0 Å². The maximum absolute atomic E-state index is 11.7. The Balaban J connectivity index is 1.83. The quantitative estimate of drug-likeness (QED) is 0.851. The van der Waals surface area contributed by atoms with E-state index in [1.54, 1.807) is 36.4 Å². The van der Waals surface area contributed by atoms with Crippen molar-refractivity contribution in [3.05, 3.63) is 53.4 Å². The fraction of sp³-hybridized carbons (Fsp3) is 0.143. The monoisotopic (exact) mass is 277 g/mol. The Bertz CT molecular complexity index is 578. The van der Waals surface area contributed by atoms with E-state index in [9.17, 15) is 9.59 Å². The van der Waals surface area contributed by atoms with Crippen LogP contribution in [0.1, 0.15) is 23.4 Å². The SMILES string of the molecule is O=C(CCC(=O)c1ccco1)Nc1cccc(Cl)c1. The summed E-state index contributed by atoms with van der Waals surface area (Å²) >= 11 is 5.81. The summed E-state index contributed by atoms with van der Waals surface area (Å²) in [6.45, 7) is 0. The maximum atomic E-state index is 11.7. The molecule has 0 saturated carbocycles. The van der Waals surface area contributed by atoms with Gasteiger partial charge in [0.05, 0.1) is 6.26 Å². The molecule has 1 N–H and O–H groups in total. The number of amides is 1. The van der Waals surface area contributed by atoms with Crippen LogP contribution in [0, 0.1) is 0 Å². The average molecular weight is 278 g/mol. The molecule has 0 aliphatic heterocycles. The van der Waals surface area contributed by atoms with Gasteiger partial charge in [-0.1, -0.05) is 17.7 Å². The standard InChI is InChI=1S/C14H12ClNO3/c15-10-3-1-4-11(9-10)16-14(18)7-6-12(17)13-5-2-8-19-13/h1-5,8-9H,6-7H2,(H,16,18). The molecule has 0 bridgehead atoms. The number of halogens is 1. The van der Waals surface area contributed by atoms with Gasteiger partial charge in [0.15, 0.2) is 11.5 Å². The fourth-order valence-electron chi connectivity index (χ4n) is 1.58. The van der Waals surface area contributed by atoms with Crippen LogP contribution in [0.4, 0.5) is 5.69 Å². The van der Waals surface area contributed by atoms with E-state index in [4.69, 9.17) is 16.0 Å². The minimum Gasteiger partial charge on any atom is -0.461 e. The van der Waals surface area contributed by atoms with E-state index in [0.29, 0.717) is 10.7 Å². The number of carbonyl (C=O) groups excluding carboxylic acids is 2. The predicted octanol–water partition coefficient (Wildman–Crippen LogP) is 3.53. The summed E-state index contributed by atoms with van der Waals surface area (Å²) < 4.78 is 4.96. The third-order valence-electron chi connectivity index (χ3n) is 2.48. The highest BCUT2D eigenvalue weighted by Gasteiger charge is 2.11. The summed E-state index contributed by atoms with van der Waals surface area (Å²) in [5, 5.41) is 3.22. The van der Waals surface area contributed by atoms with Gasteiger partial charge >= 0.3 is 0 Å². The molecule has 0 unspecified atom stereocenters. The molecule has 0 atom stereocenters. The number of anilines is 1. The average Bonchev–Trinajstić information content (AvgIpc) is 2.90. The Morgan fingerprint density at radius 2 is 2.00 bits per heavy atom. The van der Waals surface area contributed by atoms with Crippen LogP contribution in [0.3, 0.4) is 0 Å². The topological polar surface area (TPSA) is 59.3 Å². The third-order valence-corrected chi connectivity index (χ3v) is 2.72. The van der Waals surface area contributed by atoms with Crippen molar-refractivity contribution in [2.75, 3.05) is 5.32 Å². The summed E-state index contributed by atoms with van der Waals surface area (Å²) in [5.74, 6) is -0.149. The molecule has 1 heterocycles. The highest BCUT2D eigenvalue weighted by atomic mass is 35.5. The van der Waals surface area contributed by atoms with Gasteiger partial charge in [-0.25, -0.2) is 0 Å². The summed E-state index contributed by atoms with van der Waals surface area (Å²) in [6, 6.07) is 10.1. The Labute approximate surface area is 115 Å². The lowest BCUT2D eigenvalue weighted by atomic mass is 10.1. The minimum absolute atomic E-state index is 0.103. The number of carbonyl (C=O) groups is 2. The van der Waals surface area contributed by atoms with Crippen LogP contribution in [0.15, 0.2) is 47.1 Å². The van der Waals surface area contributed by atoms with Crippen LogP contribution < -0.4 is 5.32 Å². The molecule has 2 aromatic rings. The highest BCUT2D eigenvalue weighted by molar-refractivity contribution is 6.30. The second kappa shape index (κ2) is 6.20. The van der Waals surface area contributed by atoms with Gasteiger partial charge < -0.3 is 9.73 Å². The first-order chi connectivity index (χ1) is 9.15. The lowest BCUT2D eigenvalue weighted by Crippen LogP contribution is -2.13. The predicted molar refractivity (Wildman–Crippen MR) is 72.4 cm³/mol. The van der Waals surface area contributed by atoms with E-state index in [1.807, 2.05) is 0 Å². The second-order valence-corrected chi connectivity index (χ2v) is 4.40. The first-order valence-electron chi connectivity index (χ1n) is 5.77. The van der Waals surface area contributed by atoms with E-state index in [2.05, 4.69) is 5.32 Å². The van der Waals surface area contributed by atoms with Crippen molar-refractivity contribution in [3.63, 3.8) is 0 Å². The molecule has 1 amide bonds. The third kappa shape index (κ3) is 3.96. The van der Waals surface area contributed by atoms with Gasteiger partial charge in [0, 0.05) is 23.6 Å². The van der Waals surface area contributed by atoms with Crippen LogP contribution in [0.5, 0.6) is 0 Å². The molecule has 0 radical (unpaired) electrons. The summed E-state index contributed by atoms with van der Waals surface area (Å²) in [6.07, 6.45) is 1.64. The Kier molecular flexibility index (Phi) is 4.36. The van der Waals surface area contributed by atoms with E-state index in [0.717, 1.165) is 0 Å². The summed E-state index contributed by atoms with van der Waals surface area (Å²) in [4.78, 5) is 23.3. The molecule has 4 nitrogen and oxygen atoms in total. The molecular weight excluding hydrogens is 266 g/mol. The van der Waals surface area contributed by atoms with Gasteiger partial charge in [0.1, 0.15) is 0 Å². The van der Waals surface area contributed by atoms with E-state index in [1.165, 1.54) is 6.26 Å². The van der Waals surface area contributed by atoms with Gasteiger partial charge in [-0.05, 0) is 30.3 Å². The molecule has 2 rings (SSSR count). The van der Waals surface area contributed by atoms with E-state index >= 15 is 0 Å². The van der Waals surface area contributed by atoms with Crippen molar-refractivity contribution in [1.29, 1.82) is 0 Å². The number of benzene rings is 1. The molecule has 0 saturated heterocycles. The van der Waals surface area contributed by atoms with Crippen molar-refractivity contribution in [2.45, 2.75) is 12.8 Å². The zero-order chi connectivity index (χ0) is 13.7. The number of ketones is 1. The van der Waals surface area contributed by atoms with Crippen LogP contribution in [-0.4, -0.2) is 11.7 Å². The van der Waals surface area contributed by atoms with Crippen LogP contribution in [0.2, 0.25) is 5.02 Å². The van der Waals surface area contributed by atoms with Gasteiger partial charge in [0.25, 0.3) is 0 Å². The molecule has 98 valence electrons. The molecule has 1 aromatic heterocycles. The van der Waals surface area contributed by atoms with E-state index in [-0.39, 0.29) is 30.3 Å². The largest absolute Gasteiger partial charge is 0.461 e. The zero-order valence-electron chi connectivity index (χ0n) is 10.1. The molecule has 0 aliphatic carbocycles. The molecule has 5 heteroatoms. The van der Waals surface area contributed by atoms with Crippen molar-refractivity contribution < 1.29 is 14.0 Å². The number of rotatable bonds is 5. The minimum atomic E-state index is -0.234. The van der Waals surface area contributed by atoms with Crippen molar-refractivity contribution in [2.24, 2.45) is 0 Å². The Morgan fingerprint density at radius 1 is 1.16 bits per heavy atom. The first-order valence-corrected chi connectivity index (χ1v) is 6.15. The zero-order valence-corrected chi connectivity index (χ0v) is 10.8. The second-order valence-electron chi connectivity index (χ2n) is 3.96. The molecule has 0 fully saturated rings. The summed E-state index contributed by atoms with van der Waals surface area (Å²) in [7, 11) is 0. The number of Topliss-reactive ketones (excluding diaryl/α,β-unsaturated/α-hetero) is 1. The fourth-order valence-corrected chi connectivity index (χ4v) is 1.77. The lowest BCUT2D eigenvalue weighted by molar-refractivity contribution is -0.116. The Hall–Kier alpha value is -2.07. The Morgan fingerprint density at radius 3 is 2.68 bits per heavy atom. The molecule has 0 spiro atoms. The maximum Gasteiger partial charge on any atom is 0.224 e. The van der Waals surface area contributed by atoms with Gasteiger partial charge in [-0.2, -0.15) is 0 Å². The van der Waals surface area contributed by atoms with Crippen LogP contribution in [-0.2, 0) is 4.79 Å². The molecule has 19 heavy (non-hydrogen) atoms. The van der Waals surface area contributed by atoms with Crippen molar-refractivity contribution >= 4 is 29.0 Å². The molecule has 0 aliphatic rings. The van der Waals surface area contributed by atoms with Gasteiger partial charge in [0.2, 0.25) is 5.91 Å². The number of furan rings is 1. The normalized spacial score (nSPS) is 10.2. The van der Waals surface area contributed by atoms with Gasteiger partial charge in [-0.15, -0.1) is 0 Å². The number of hydrogen-bond donors (Lipinski definition) is 1. The highest BCUT2D eigenvalue weighted by Crippen LogP contribution is 2.15. The number of nitrogens with one attached hydrogen (secondary N) is 1. The molecule has 1 aromatic carbocycles.